The van der Waals surface area contributed by atoms with E-state index in [2.05, 4.69) is 0 Å². The zero-order chi connectivity index (χ0) is 7.40. The summed E-state index contributed by atoms with van der Waals surface area (Å²) in [4.78, 5) is 0.903. The Morgan fingerprint density at radius 3 is 2.90 bits per heavy atom. The summed E-state index contributed by atoms with van der Waals surface area (Å²) in [5.74, 6) is 0. The molecule has 0 bridgehead atoms. The lowest BCUT2D eigenvalue weighted by atomic mass is 10.2. The SMILES string of the molecule is N#Cc1cccc(SCl)c1. The molecule has 0 saturated heterocycles. The number of halogens is 1. The Labute approximate surface area is 68.1 Å². The molecule has 50 valence electrons. The molecule has 0 spiro atoms. The Balaban J connectivity index is 3.01. The third kappa shape index (κ3) is 1.66. The second-order valence-corrected chi connectivity index (χ2v) is 2.81. The van der Waals surface area contributed by atoms with Crippen molar-refractivity contribution in [3.63, 3.8) is 0 Å². The first-order chi connectivity index (χ1) is 4.86. The van der Waals surface area contributed by atoms with E-state index in [1.807, 2.05) is 18.2 Å². The van der Waals surface area contributed by atoms with E-state index in [-0.39, 0.29) is 0 Å². The monoisotopic (exact) mass is 169 g/mol. The average Bonchev–Trinajstić information content (AvgIpc) is 2.05. The van der Waals surface area contributed by atoms with Gasteiger partial charge in [0.25, 0.3) is 0 Å². The molecule has 0 amide bonds. The lowest BCUT2D eigenvalue weighted by molar-refractivity contribution is 1.41. The first kappa shape index (κ1) is 7.46. The summed E-state index contributed by atoms with van der Waals surface area (Å²) in [5.41, 5.74) is 0.644. The van der Waals surface area contributed by atoms with Crippen LogP contribution in [-0.2, 0) is 0 Å². The Morgan fingerprint density at radius 2 is 2.30 bits per heavy atom. The van der Waals surface area contributed by atoms with Gasteiger partial charge in [0.1, 0.15) is 0 Å². The molecular formula is C7H4ClNS. The third-order valence-corrected chi connectivity index (χ3v) is 2.02. The molecule has 0 aliphatic carbocycles. The predicted molar refractivity (Wildman–Crippen MR) is 42.9 cm³/mol. The zero-order valence-corrected chi connectivity index (χ0v) is 6.62. The van der Waals surface area contributed by atoms with Gasteiger partial charge in [0, 0.05) is 4.90 Å². The maximum atomic E-state index is 8.46. The van der Waals surface area contributed by atoms with Gasteiger partial charge in [0.2, 0.25) is 0 Å². The van der Waals surface area contributed by atoms with Crippen LogP contribution >= 0.6 is 21.7 Å². The minimum Gasteiger partial charge on any atom is -0.192 e. The topological polar surface area (TPSA) is 23.8 Å². The lowest BCUT2D eigenvalue weighted by Gasteiger charge is -1.91. The van der Waals surface area contributed by atoms with Crippen LogP contribution in [0.1, 0.15) is 5.56 Å². The molecule has 0 radical (unpaired) electrons. The Bertz CT molecular complexity index is 267. The number of nitriles is 1. The third-order valence-electron chi connectivity index (χ3n) is 1.05. The summed E-state index contributed by atoms with van der Waals surface area (Å²) >= 11 is 0. The van der Waals surface area contributed by atoms with Crippen molar-refractivity contribution in [1.82, 2.24) is 0 Å². The van der Waals surface area contributed by atoms with Crippen molar-refractivity contribution in [2.75, 3.05) is 0 Å². The molecule has 1 rings (SSSR count). The molecule has 1 aromatic carbocycles. The van der Waals surface area contributed by atoms with Crippen molar-refractivity contribution in [2.24, 2.45) is 0 Å². The van der Waals surface area contributed by atoms with Crippen LogP contribution in [0.25, 0.3) is 0 Å². The smallest absolute Gasteiger partial charge is 0.0992 e. The van der Waals surface area contributed by atoms with E-state index < -0.39 is 0 Å². The van der Waals surface area contributed by atoms with Gasteiger partial charge in [-0.1, -0.05) is 6.07 Å². The van der Waals surface area contributed by atoms with E-state index in [9.17, 15) is 0 Å². The highest BCUT2D eigenvalue weighted by atomic mass is 35.7. The molecule has 0 atom stereocenters. The fourth-order valence-corrected chi connectivity index (χ4v) is 1.20. The summed E-state index contributed by atoms with van der Waals surface area (Å²) < 4.78 is 0. The van der Waals surface area contributed by atoms with E-state index in [1.165, 1.54) is 0 Å². The fourth-order valence-electron chi connectivity index (χ4n) is 0.614. The predicted octanol–water partition coefficient (Wildman–Crippen LogP) is 2.80. The van der Waals surface area contributed by atoms with Gasteiger partial charge in [0.15, 0.2) is 0 Å². The van der Waals surface area contributed by atoms with Gasteiger partial charge in [-0.25, -0.2) is 0 Å². The molecule has 0 aliphatic rings. The zero-order valence-electron chi connectivity index (χ0n) is 5.04. The molecule has 0 aromatic heterocycles. The van der Waals surface area contributed by atoms with E-state index in [0.29, 0.717) is 5.56 Å². The van der Waals surface area contributed by atoms with Gasteiger partial charge < -0.3 is 0 Å². The van der Waals surface area contributed by atoms with Crippen molar-refractivity contribution in [1.29, 1.82) is 5.26 Å². The molecule has 0 saturated carbocycles. The first-order valence-electron chi connectivity index (χ1n) is 2.65. The average molecular weight is 170 g/mol. The molecule has 0 aliphatic heterocycles. The summed E-state index contributed by atoms with van der Waals surface area (Å²) in [7, 11) is 6.58. The number of rotatable bonds is 1. The molecular weight excluding hydrogens is 166 g/mol. The second kappa shape index (κ2) is 3.50. The maximum absolute atomic E-state index is 8.46. The van der Waals surface area contributed by atoms with Gasteiger partial charge in [-0.15, -0.1) is 0 Å². The quantitative estimate of drug-likeness (QED) is 0.646. The van der Waals surface area contributed by atoms with Gasteiger partial charge in [-0.2, -0.15) is 5.26 Å². The van der Waals surface area contributed by atoms with Crippen molar-refractivity contribution >= 4 is 21.7 Å². The van der Waals surface area contributed by atoms with E-state index >= 15 is 0 Å². The Kier molecular flexibility index (Phi) is 2.61. The normalized spacial score (nSPS) is 8.80. The van der Waals surface area contributed by atoms with Crippen LogP contribution in [0.4, 0.5) is 0 Å². The van der Waals surface area contributed by atoms with E-state index in [0.717, 1.165) is 15.9 Å². The van der Waals surface area contributed by atoms with Gasteiger partial charge in [-0.3, -0.25) is 0 Å². The highest BCUT2D eigenvalue weighted by Gasteiger charge is 1.91. The first-order valence-corrected chi connectivity index (χ1v) is 4.30. The fraction of sp³-hybridized carbons (Fsp3) is 0. The van der Waals surface area contributed by atoms with Crippen molar-refractivity contribution in [2.45, 2.75) is 4.90 Å². The van der Waals surface area contributed by atoms with Gasteiger partial charge in [0.05, 0.1) is 11.6 Å². The number of hydrogen-bond acceptors (Lipinski definition) is 2. The standard InChI is InChI=1S/C7H4ClNS/c8-10-7-3-1-2-6(4-7)5-9/h1-4H. The van der Waals surface area contributed by atoms with E-state index in [4.69, 9.17) is 15.9 Å². The number of hydrogen-bond donors (Lipinski definition) is 0. The molecule has 0 heterocycles. The maximum Gasteiger partial charge on any atom is 0.0992 e. The molecule has 0 unspecified atom stereocenters. The largest absolute Gasteiger partial charge is 0.192 e. The van der Waals surface area contributed by atoms with Gasteiger partial charge >= 0.3 is 0 Å². The van der Waals surface area contributed by atoms with E-state index in [1.54, 1.807) is 12.1 Å². The van der Waals surface area contributed by atoms with Crippen LogP contribution in [0.5, 0.6) is 0 Å². The minimum atomic E-state index is 0.644. The van der Waals surface area contributed by atoms with Crippen LogP contribution in [0, 0.1) is 11.3 Å². The van der Waals surface area contributed by atoms with Crippen LogP contribution in [0.3, 0.4) is 0 Å². The van der Waals surface area contributed by atoms with Crippen molar-refractivity contribution in [3.05, 3.63) is 29.8 Å². The van der Waals surface area contributed by atoms with Crippen LogP contribution < -0.4 is 0 Å². The molecule has 0 N–H and O–H groups in total. The van der Waals surface area contributed by atoms with Crippen LogP contribution in [0.15, 0.2) is 29.2 Å². The summed E-state index contributed by atoms with van der Waals surface area (Å²) in [6, 6.07) is 9.19. The minimum absolute atomic E-state index is 0.644. The molecule has 1 nitrogen and oxygen atoms in total. The van der Waals surface area contributed by atoms with Crippen molar-refractivity contribution in [3.8, 4) is 6.07 Å². The number of nitrogens with zero attached hydrogens (tertiary/aromatic N) is 1. The Hall–Kier alpha value is -0.650. The molecule has 0 fully saturated rings. The molecule has 10 heavy (non-hydrogen) atoms. The molecule has 1 aromatic rings. The molecule has 3 heteroatoms. The Morgan fingerprint density at radius 1 is 1.50 bits per heavy atom. The highest BCUT2D eigenvalue weighted by molar-refractivity contribution is 8.21. The summed E-state index contributed by atoms with van der Waals surface area (Å²) in [5, 5.41) is 8.46. The van der Waals surface area contributed by atoms with Gasteiger partial charge in [-0.05, 0) is 39.9 Å². The number of benzene rings is 1. The second-order valence-electron chi connectivity index (χ2n) is 1.72. The van der Waals surface area contributed by atoms with Crippen LogP contribution in [-0.4, -0.2) is 0 Å². The summed E-state index contributed by atoms with van der Waals surface area (Å²) in [6.45, 7) is 0. The van der Waals surface area contributed by atoms with Crippen molar-refractivity contribution < 1.29 is 0 Å². The highest BCUT2D eigenvalue weighted by Crippen LogP contribution is 2.21. The summed E-state index contributed by atoms with van der Waals surface area (Å²) in [6.07, 6.45) is 0. The van der Waals surface area contributed by atoms with Crippen LogP contribution in [0.2, 0.25) is 0 Å². The lowest BCUT2D eigenvalue weighted by Crippen LogP contribution is -1.72.